The number of aliphatic hydroxyl groups excluding tert-OH is 3. The predicted molar refractivity (Wildman–Crippen MR) is 136 cm³/mol. The van der Waals surface area contributed by atoms with E-state index < -0.39 is 30.1 Å². The maximum atomic E-state index is 12.4. The average Bonchev–Trinajstić information content (AvgIpc) is 3.53. The molecule has 9 nitrogen and oxygen atoms in total. The van der Waals surface area contributed by atoms with E-state index >= 15 is 0 Å². The molecule has 1 saturated heterocycles. The first kappa shape index (κ1) is 27.1. The van der Waals surface area contributed by atoms with Crippen molar-refractivity contribution in [2.24, 2.45) is 34.5 Å². The van der Waals surface area contributed by atoms with Crippen molar-refractivity contribution in [3.05, 3.63) is 11.6 Å². The average molecular weight is 536 g/mol. The molecule has 0 radical (unpaired) electrons. The van der Waals surface area contributed by atoms with Gasteiger partial charge in [-0.25, -0.2) is 4.79 Å². The van der Waals surface area contributed by atoms with Crippen molar-refractivity contribution in [1.82, 2.24) is 5.06 Å². The Kier molecular flexibility index (Phi) is 6.78. The molecule has 0 aromatic rings. The molecule has 4 saturated carbocycles. The fourth-order valence-corrected chi connectivity index (χ4v) is 10.2. The normalized spacial score (nSPS) is 52.4. The summed E-state index contributed by atoms with van der Waals surface area (Å²) in [6.07, 6.45) is 6.29. The van der Waals surface area contributed by atoms with Gasteiger partial charge in [0.05, 0.1) is 19.3 Å². The fourth-order valence-electron chi connectivity index (χ4n) is 10.2. The van der Waals surface area contributed by atoms with Crippen LogP contribution in [-0.4, -0.2) is 88.0 Å². The molecule has 6 rings (SSSR count). The van der Waals surface area contributed by atoms with Crippen molar-refractivity contribution in [2.45, 2.75) is 108 Å². The highest BCUT2D eigenvalue weighted by Gasteiger charge is 2.68. The first-order valence-electron chi connectivity index (χ1n) is 14.6. The molecule has 0 aromatic carbocycles. The van der Waals surface area contributed by atoms with Gasteiger partial charge in [0.15, 0.2) is 6.23 Å². The second kappa shape index (κ2) is 9.50. The van der Waals surface area contributed by atoms with Gasteiger partial charge in [-0.3, -0.25) is 4.84 Å². The van der Waals surface area contributed by atoms with E-state index in [2.05, 4.69) is 13.8 Å². The van der Waals surface area contributed by atoms with Gasteiger partial charge in [0, 0.05) is 17.5 Å². The van der Waals surface area contributed by atoms with Crippen LogP contribution in [-0.2, 0) is 19.1 Å². The van der Waals surface area contributed by atoms with Crippen LogP contribution in [0.25, 0.3) is 0 Å². The van der Waals surface area contributed by atoms with Crippen molar-refractivity contribution in [3.8, 4) is 0 Å². The number of cyclic esters (lactones) is 1. The molecule has 4 N–H and O–H groups in total. The molecule has 4 unspecified atom stereocenters. The first-order chi connectivity index (χ1) is 18.1. The number of hydroxylamine groups is 2. The molecule has 2 aliphatic heterocycles. The van der Waals surface area contributed by atoms with Crippen molar-refractivity contribution < 1.29 is 39.5 Å². The minimum absolute atomic E-state index is 0.0403. The number of carbonyl (C=O) groups is 1. The minimum atomic E-state index is -1.15. The minimum Gasteiger partial charge on any atom is -0.458 e. The highest BCUT2D eigenvalue weighted by molar-refractivity contribution is 5.85. The maximum Gasteiger partial charge on any atom is 0.331 e. The molecule has 0 aromatic heterocycles. The number of nitrogens with zero attached hydrogens (tertiary/aromatic N) is 1. The topological polar surface area (TPSA) is 129 Å². The molecule has 38 heavy (non-hydrogen) atoms. The summed E-state index contributed by atoms with van der Waals surface area (Å²) in [5.74, 6) is 1.11. The SMILES string of the molecule is CON(C1O[C@@H](CO)[C@H](O)[C@@H]1O)[C@H]1CC[C@@]2(C)C(CCC3C2CC[C@]2(C)[C@@H](C4=CC(=O)OC4)CC[C@]32O)C1. The zero-order valence-corrected chi connectivity index (χ0v) is 22.9. The van der Waals surface area contributed by atoms with Crippen molar-refractivity contribution in [3.63, 3.8) is 0 Å². The zero-order valence-electron chi connectivity index (χ0n) is 22.9. The van der Waals surface area contributed by atoms with Gasteiger partial charge in [0.25, 0.3) is 0 Å². The quantitative estimate of drug-likeness (QED) is 0.308. The second-order valence-electron chi connectivity index (χ2n) is 13.5. The Hall–Kier alpha value is -1.07. The number of hydrogen-bond donors (Lipinski definition) is 4. The van der Waals surface area contributed by atoms with Crippen LogP contribution in [0.2, 0.25) is 0 Å². The lowest BCUT2D eigenvalue weighted by molar-refractivity contribution is -0.284. The monoisotopic (exact) mass is 535 g/mol. The molecular weight excluding hydrogens is 490 g/mol. The number of esters is 1. The van der Waals surface area contributed by atoms with Gasteiger partial charge >= 0.3 is 5.97 Å². The Labute approximate surface area is 225 Å². The molecule has 6 aliphatic rings. The Morgan fingerprint density at radius 1 is 1.05 bits per heavy atom. The number of fused-ring (bicyclic) bond motifs is 5. The lowest BCUT2D eigenvalue weighted by atomic mass is 9.43. The molecule has 2 heterocycles. The molecule has 9 heteroatoms. The highest BCUT2D eigenvalue weighted by atomic mass is 16.7. The molecule has 214 valence electrons. The Morgan fingerprint density at radius 2 is 1.84 bits per heavy atom. The van der Waals surface area contributed by atoms with E-state index in [1.165, 1.54) is 0 Å². The summed E-state index contributed by atoms with van der Waals surface area (Å²) in [5.41, 5.74) is 0.216. The predicted octanol–water partition coefficient (Wildman–Crippen LogP) is 1.91. The number of ether oxygens (including phenoxy) is 2. The summed E-state index contributed by atoms with van der Waals surface area (Å²) < 4.78 is 11.1. The van der Waals surface area contributed by atoms with E-state index in [1.54, 1.807) is 18.2 Å². The summed E-state index contributed by atoms with van der Waals surface area (Å²) in [6, 6.07) is 0.0403. The molecular formula is C29H45NO8. The smallest absolute Gasteiger partial charge is 0.331 e. The molecule has 12 atom stereocenters. The third-order valence-corrected chi connectivity index (χ3v) is 12.3. The van der Waals surface area contributed by atoms with Gasteiger partial charge in [-0.1, -0.05) is 13.8 Å². The third-order valence-electron chi connectivity index (χ3n) is 12.3. The van der Waals surface area contributed by atoms with E-state index in [0.717, 1.165) is 63.4 Å². The van der Waals surface area contributed by atoms with E-state index in [1.807, 2.05) is 0 Å². The lowest BCUT2D eigenvalue weighted by Crippen LogP contribution is -2.63. The molecule has 0 bridgehead atoms. The summed E-state index contributed by atoms with van der Waals surface area (Å²) >= 11 is 0. The first-order valence-corrected chi connectivity index (χ1v) is 14.6. The van der Waals surface area contributed by atoms with Gasteiger partial charge in [-0.15, -0.1) is 0 Å². The van der Waals surface area contributed by atoms with Gasteiger partial charge < -0.3 is 29.9 Å². The van der Waals surface area contributed by atoms with Crippen LogP contribution in [0.3, 0.4) is 0 Å². The highest BCUT2D eigenvalue weighted by Crippen LogP contribution is 2.70. The second-order valence-corrected chi connectivity index (χ2v) is 13.5. The third kappa shape index (κ3) is 3.72. The molecule has 0 amide bonds. The van der Waals surface area contributed by atoms with Crippen LogP contribution in [0.4, 0.5) is 0 Å². The molecule has 0 spiro atoms. The van der Waals surface area contributed by atoms with Gasteiger partial charge in [0.1, 0.15) is 24.9 Å². The maximum absolute atomic E-state index is 12.4. The summed E-state index contributed by atoms with van der Waals surface area (Å²) in [6.45, 7) is 4.70. The zero-order chi connectivity index (χ0) is 27.0. The van der Waals surface area contributed by atoms with Crippen molar-refractivity contribution >= 4 is 5.97 Å². The summed E-state index contributed by atoms with van der Waals surface area (Å²) in [7, 11) is 1.58. The number of aliphatic hydroxyl groups is 4. The van der Waals surface area contributed by atoms with Crippen LogP contribution in [0.1, 0.15) is 71.6 Å². The molecule has 5 fully saturated rings. The van der Waals surface area contributed by atoms with E-state index in [9.17, 15) is 25.2 Å². The lowest BCUT2D eigenvalue weighted by Gasteiger charge is -2.64. The van der Waals surface area contributed by atoms with E-state index in [4.69, 9.17) is 14.3 Å². The van der Waals surface area contributed by atoms with Crippen LogP contribution < -0.4 is 0 Å². The number of rotatable bonds is 5. The van der Waals surface area contributed by atoms with Crippen molar-refractivity contribution in [1.29, 1.82) is 0 Å². The summed E-state index contributed by atoms with van der Waals surface area (Å²) in [5, 5.41) is 44.6. The standard InChI is InChI=1S/C29H45NO8/c1-27-9-6-18(30(36-3)26-25(34)24(33)22(14-31)38-26)13-17(27)4-5-21-20(27)7-10-28(2)19(8-11-29(21,28)35)16-12-23(32)37-15-16/h12,17-22,24-26,31,33-35H,4-11,13-15H2,1-3H3/t17?,18-,19+,20?,21?,22-,24-,25-,26?,27-,28+,29-/m0/s1. The van der Waals surface area contributed by atoms with Gasteiger partial charge in [0.2, 0.25) is 0 Å². The Morgan fingerprint density at radius 3 is 2.50 bits per heavy atom. The van der Waals surface area contributed by atoms with E-state index in [-0.39, 0.29) is 41.3 Å². The molecule has 4 aliphatic carbocycles. The van der Waals surface area contributed by atoms with E-state index in [0.29, 0.717) is 18.4 Å². The van der Waals surface area contributed by atoms with Gasteiger partial charge in [-0.2, -0.15) is 5.06 Å². The van der Waals surface area contributed by atoms with Crippen molar-refractivity contribution in [2.75, 3.05) is 20.3 Å². The fraction of sp³-hybridized carbons (Fsp3) is 0.897. The summed E-state index contributed by atoms with van der Waals surface area (Å²) in [4.78, 5) is 17.5. The largest absolute Gasteiger partial charge is 0.458 e. The number of hydrogen-bond acceptors (Lipinski definition) is 9. The van der Waals surface area contributed by atoms with Crippen LogP contribution in [0.5, 0.6) is 0 Å². The Balaban J connectivity index is 1.19. The Bertz CT molecular complexity index is 974. The van der Waals surface area contributed by atoms with Crippen LogP contribution >= 0.6 is 0 Å². The van der Waals surface area contributed by atoms with Crippen LogP contribution in [0, 0.1) is 34.5 Å². The number of carbonyl (C=O) groups excluding carboxylic acids is 1. The van der Waals surface area contributed by atoms with Crippen LogP contribution in [0.15, 0.2) is 11.6 Å². The van der Waals surface area contributed by atoms with Gasteiger partial charge in [-0.05, 0) is 92.4 Å².